The van der Waals surface area contributed by atoms with Crippen LogP contribution in [0.4, 0.5) is 13.2 Å². The predicted molar refractivity (Wildman–Crippen MR) is 108 cm³/mol. The van der Waals surface area contributed by atoms with Crippen LogP contribution in [0.5, 0.6) is 0 Å². The summed E-state index contributed by atoms with van der Waals surface area (Å²) in [5.74, 6) is -0.597. The number of hydrogen-bond donors (Lipinski definition) is 1. The standard InChI is InChI=1S/C22H24ClF3N2O/c1-28(2)14-7-6-13-18(28)20(15-9-4-3-5-10-15)27-21(29)16-11-8-12-17(19(16)23)22(24,25)26/h3-5,8-12,18,20H,6-7,13-14H2,1-2H3/p+1/t18-,20?/m0/s1. The lowest BCUT2D eigenvalue weighted by Crippen LogP contribution is -2.57. The molecular weight excluding hydrogens is 401 g/mol. The second-order valence-corrected chi connectivity index (χ2v) is 8.47. The van der Waals surface area contributed by atoms with Crippen LogP contribution < -0.4 is 5.32 Å². The topological polar surface area (TPSA) is 29.1 Å². The molecule has 1 unspecified atom stereocenters. The molecular formula is C22H25ClF3N2O+. The van der Waals surface area contributed by atoms with Gasteiger partial charge in [0.2, 0.25) is 0 Å². The van der Waals surface area contributed by atoms with Crippen molar-refractivity contribution in [2.24, 2.45) is 0 Å². The van der Waals surface area contributed by atoms with E-state index in [1.54, 1.807) is 0 Å². The van der Waals surface area contributed by atoms with Crippen molar-refractivity contribution in [3.63, 3.8) is 0 Å². The van der Waals surface area contributed by atoms with Gasteiger partial charge >= 0.3 is 6.18 Å². The summed E-state index contributed by atoms with van der Waals surface area (Å²) < 4.78 is 40.3. The van der Waals surface area contributed by atoms with Crippen LogP contribution in [0.1, 0.15) is 46.8 Å². The molecule has 2 aromatic carbocycles. The maximum Gasteiger partial charge on any atom is 0.417 e. The molecule has 2 aromatic rings. The number of nitrogens with zero attached hydrogens (tertiary/aromatic N) is 1. The van der Waals surface area contributed by atoms with Crippen molar-refractivity contribution in [3.8, 4) is 0 Å². The number of rotatable bonds is 4. The zero-order valence-electron chi connectivity index (χ0n) is 16.5. The van der Waals surface area contributed by atoms with Crippen LogP contribution in [0, 0.1) is 0 Å². The van der Waals surface area contributed by atoms with Crippen molar-refractivity contribution in [2.75, 3.05) is 20.6 Å². The van der Waals surface area contributed by atoms with Crippen LogP contribution in [0.15, 0.2) is 48.5 Å². The van der Waals surface area contributed by atoms with E-state index in [0.717, 1.165) is 41.9 Å². The van der Waals surface area contributed by atoms with Gasteiger partial charge in [-0.3, -0.25) is 4.79 Å². The molecule has 0 saturated carbocycles. The molecule has 2 atom stereocenters. The van der Waals surface area contributed by atoms with Crippen LogP contribution in [0.3, 0.4) is 0 Å². The van der Waals surface area contributed by atoms with Gasteiger partial charge in [0.25, 0.3) is 5.91 Å². The summed E-state index contributed by atoms with van der Waals surface area (Å²) in [6, 6.07) is 12.8. The summed E-state index contributed by atoms with van der Waals surface area (Å²) in [6.45, 7) is 0.980. The summed E-state index contributed by atoms with van der Waals surface area (Å²) in [7, 11) is 4.26. The first-order valence-electron chi connectivity index (χ1n) is 9.65. The fourth-order valence-electron chi connectivity index (χ4n) is 4.17. The Morgan fingerprint density at radius 1 is 1.10 bits per heavy atom. The predicted octanol–water partition coefficient (Wildman–Crippen LogP) is 5.46. The third-order valence-corrected chi connectivity index (χ3v) is 6.17. The van der Waals surface area contributed by atoms with E-state index >= 15 is 0 Å². The van der Waals surface area contributed by atoms with Gasteiger partial charge in [-0.05, 0) is 30.5 Å². The Balaban J connectivity index is 1.96. The summed E-state index contributed by atoms with van der Waals surface area (Å²) in [4.78, 5) is 13.0. The Morgan fingerprint density at radius 2 is 1.79 bits per heavy atom. The number of benzene rings is 2. The van der Waals surface area contributed by atoms with E-state index in [-0.39, 0.29) is 17.6 Å². The molecule has 1 saturated heterocycles. The maximum atomic E-state index is 13.2. The first-order valence-corrected chi connectivity index (χ1v) is 10.0. The Labute approximate surface area is 174 Å². The van der Waals surface area contributed by atoms with Crippen molar-refractivity contribution in [2.45, 2.75) is 37.5 Å². The second-order valence-electron chi connectivity index (χ2n) is 8.09. The molecule has 1 N–H and O–H groups in total. The number of alkyl halides is 3. The van der Waals surface area contributed by atoms with Gasteiger partial charge in [0.1, 0.15) is 12.1 Å². The van der Waals surface area contributed by atoms with E-state index in [0.29, 0.717) is 0 Å². The number of carbonyl (C=O) groups excluding carboxylic acids is 1. The molecule has 0 aromatic heterocycles. The minimum Gasteiger partial charge on any atom is -0.339 e. The Hall–Kier alpha value is -2.05. The van der Waals surface area contributed by atoms with E-state index in [4.69, 9.17) is 11.6 Å². The summed E-state index contributed by atoms with van der Waals surface area (Å²) in [5, 5.41) is 2.42. The van der Waals surface area contributed by atoms with Gasteiger partial charge in [0.15, 0.2) is 0 Å². The molecule has 29 heavy (non-hydrogen) atoms. The number of halogens is 4. The zero-order chi connectivity index (χ0) is 21.2. The zero-order valence-corrected chi connectivity index (χ0v) is 17.2. The SMILES string of the molecule is C[N+]1(C)CCCC[C@H]1C(NC(=O)c1cccc(C(F)(F)F)c1Cl)c1ccccc1. The number of piperidine rings is 1. The summed E-state index contributed by atoms with van der Waals surface area (Å²) in [5.41, 5.74) is -0.234. The van der Waals surface area contributed by atoms with Crippen molar-refractivity contribution < 1.29 is 22.4 Å². The maximum absolute atomic E-state index is 13.2. The van der Waals surface area contributed by atoms with Crippen LogP contribution in [0.25, 0.3) is 0 Å². The molecule has 1 amide bonds. The number of quaternary nitrogens is 1. The lowest BCUT2D eigenvalue weighted by Gasteiger charge is -2.45. The van der Waals surface area contributed by atoms with Crippen molar-refractivity contribution >= 4 is 17.5 Å². The van der Waals surface area contributed by atoms with Gasteiger partial charge in [-0.1, -0.05) is 48.0 Å². The number of nitrogens with one attached hydrogen (secondary N) is 1. The molecule has 1 aliphatic rings. The number of likely N-dealkylation sites (tertiary alicyclic amines) is 1. The lowest BCUT2D eigenvalue weighted by atomic mass is 9.89. The quantitative estimate of drug-likeness (QED) is 0.647. The van der Waals surface area contributed by atoms with E-state index in [1.165, 1.54) is 12.1 Å². The monoisotopic (exact) mass is 425 g/mol. The summed E-state index contributed by atoms with van der Waals surface area (Å²) >= 11 is 5.97. The average molecular weight is 426 g/mol. The molecule has 3 rings (SSSR count). The van der Waals surface area contributed by atoms with Gasteiger partial charge in [-0.25, -0.2) is 0 Å². The number of amides is 1. The van der Waals surface area contributed by atoms with Gasteiger partial charge in [-0.15, -0.1) is 0 Å². The van der Waals surface area contributed by atoms with Crippen LogP contribution in [-0.4, -0.2) is 37.1 Å². The molecule has 1 fully saturated rings. The van der Waals surface area contributed by atoms with Crippen LogP contribution in [-0.2, 0) is 6.18 Å². The minimum absolute atomic E-state index is 0.111. The second kappa shape index (κ2) is 8.36. The Kier molecular flexibility index (Phi) is 6.24. The van der Waals surface area contributed by atoms with Gasteiger partial charge in [0.05, 0.1) is 36.8 Å². The number of likely N-dealkylation sites (N-methyl/N-ethyl adjacent to an activating group) is 1. The van der Waals surface area contributed by atoms with Gasteiger partial charge in [-0.2, -0.15) is 13.2 Å². The fraction of sp³-hybridized carbons (Fsp3) is 0.409. The molecule has 156 valence electrons. The van der Waals surface area contributed by atoms with E-state index in [2.05, 4.69) is 19.4 Å². The highest BCUT2D eigenvalue weighted by Crippen LogP contribution is 2.37. The Bertz CT molecular complexity index is 868. The van der Waals surface area contributed by atoms with Crippen molar-refractivity contribution in [1.29, 1.82) is 0 Å². The molecule has 1 heterocycles. The minimum atomic E-state index is -4.62. The van der Waals surface area contributed by atoms with E-state index in [9.17, 15) is 18.0 Å². The lowest BCUT2D eigenvalue weighted by molar-refractivity contribution is -0.922. The van der Waals surface area contributed by atoms with Crippen molar-refractivity contribution in [1.82, 2.24) is 5.32 Å². The first-order chi connectivity index (χ1) is 13.6. The highest BCUT2D eigenvalue weighted by atomic mass is 35.5. The first kappa shape index (κ1) is 21.7. The molecule has 0 radical (unpaired) electrons. The fourth-order valence-corrected chi connectivity index (χ4v) is 4.48. The van der Waals surface area contributed by atoms with Crippen LogP contribution in [0.2, 0.25) is 5.02 Å². The normalized spacial score (nSPS) is 20.1. The van der Waals surface area contributed by atoms with Crippen LogP contribution >= 0.6 is 11.6 Å². The van der Waals surface area contributed by atoms with Gasteiger partial charge in [0, 0.05) is 6.42 Å². The number of carbonyl (C=O) groups is 1. The highest BCUT2D eigenvalue weighted by molar-refractivity contribution is 6.34. The number of hydrogen-bond acceptors (Lipinski definition) is 1. The molecule has 3 nitrogen and oxygen atoms in total. The molecule has 0 spiro atoms. The molecule has 0 aliphatic carbocycles. The van der Waals surface area contributed by atoms with E-state index < -0.39 is 22.7 Å². The average Bonchev–Trinajstić information content (AvgIpc) is 2.66. The molecule has 7 heteroatoms. The third-order valence-electron chi connectivity index (χ3n) is 5.76. The Morgan fingerprint density at radius 3 is 2.41 bits per heavy atom. The molecule has 0 bridgehead atoms. The highest BCUT2D eigenvalue weighted by Gasteiger charge is 2.40. The smallest absolute Gasteiger partial charge is 0.339 e. The van der Waals surface area contributed by atoms with Crippen molar-refractivity contribution in [3.05, 3.63) is 70.2 Å². The summed E-state index contributed by atoms with van der Waals surface area (Å²) in [6.07, 6.45) is -1.54. The molecule has 1 aliphatic heterocycles. The third kappa shape index (κ3) is 4.75. The van der Waals surface area contributed by atoms with Gasteiger partial charge < -0.3 is 9.80 Å². The van der Waals surface area contributed by atoms with E-state index in [1.807, 2.05) is 30.3 Å². The largest absolute Gasteiger partial charge is 0.417 e.